The second kappa shape index (κ2) is 5.32. The lowest BCUT2D eigenvalue weighted by Crippen LogP contribution is -2.28. The van der Waals surface area contributed by atoms with Gasteiger partial charge in [-0.25, -0.2) is 17.5 Å². The predicted molar refractivity (Wildman–Crippen MR) is 68.5 cm³/mol. The van der Waals surface area contributed by atoms with Gasteiger partial charge in [-0.05, 0) is 34.0 Å². The van der Waals surface area contributed by atoms with Crippen LogP contribution in [0.4, 0.5) is 10.1 Å². The highest BCUT2D eigenvalue weighted by molar-refractivity contribution is 9.10. The molecule has 0 atom stereocenters. The molecule has 3 N–H and O–H groups in total. The maximum Gasteiger partial charge on any atom is 0.241 e. The summed E-state index contributed by atoms with van der Waals surface area (Å²) < 4.78 is 39.5. The Labute approximate surface area is 109 Å². The van der Waals surface area contributed by atoms with Crippen molar-refractivity contribution >= 4 is 31.6 Å². The zero-order valence-electron chi connectivity index (χ0n) is 9.50. The van der Waals surface area contributed by atoms with Crippen LogP contribution < -0.4 is 10.5 Å². The minimum absolute atomic E-state index is 0.0583. The topological polar surface area (TPSA) is 72.2 Å². The van der Waals surface area contributed by atoms with E-state index < -0.39 is 15.8 Å². The Morgan fingerprint density at radius 1 is 1.47 bits per heavy atom. The van der Waals surface area contributed by atoms with Crippen LogP contribution in [0.25, 0.3) is 0 Å². The van der Waals surface area contributed by atoms with E-state index in [9.17, 15) is 12.8 Å². The number of benzene rings is 1. The third-order valence-electron chi connectivity index (χ3n) is 2.02. The van der Waals surface area contributed by atoms with Crippen molar-refractivity contribution in [2.24, 2.45) is 5.92 Å². The van der Waals surface area contributed by atoms with Crippen LogP contribution in [0.5, 0.6) is 0 Å². The van der Waals surface area contributed by atoms with Gasteiger partial charge in [0.2, 0.25) is 10.0 Å². The van der Waals surface area contributed by atoms with E-state index in [0.717, 1.165) is 12.1 Å². The molecule has 0 aliphatic heterocycles. The van der Waals surface area contributed by atoms with Gasteiger partial charge in [0.05, 0.1) is 10.6 Å². The Balaban J connectivity index is 3.11. The van der Waals surface area contributed by atoms with Crippen molar-refractivity contribution in [3.05, 3.63) is 22.4 Å². The van der Waals surface area contributed by atoms with Gasteiger partial charge < -0.3 is 5.73 Å². The summed E-state index contributed by atoms with van der Waals surface area (Å²) in [4.78, 5) is -0.0583. The molecule has 4 nitrogen and oxygen atoms in total. The molecular formula is C10H14BrFN2O2S. The highest BCUT2D eigenvalue weighted by atomic mass is 79.9. The van der Waals surface area contributed by atoms with Gasteiger partial charge in [0.25, 0.3) is 0 Å². The van der Waals surface area contributed by atoms with E-state index in [1.807, 2.05) is 13.8 Å². The lowest BCUT2D eigenvalue weighted by atomic mass is 10.2. The first-order valence-electron chi connectivity index (χ1n) is 4.98. The summed E-state index contributed by atoms with van der Waals surface area (Å²) in [5.74, 6) is -0.471. The zero-order valence-corrected chi connectivity index (χ0v) is 11.9. The smallest absolute Gasteiger partial charge is 0.241 e. The first kappa shape index (κ1) is 14.4. The number of rotatable bonds is 4. The quantitative estimate of drug-likeness (QED) is 0.833. The summed E-state index contributed by atoms with van der Waals surface area (Å²) in [6.45, 7) is 4.08. The summed E-state index contributed by atoms with van der Waals surface area (Å²) in [6, 6.07) is 2.14. The zero-order chi connectivity index (χ0) is 13.2. The Bertz CT molecular complexity index is 517. The van der Waals surface area contributed by atoms with E-state index in [4.69, 9.17) is 5.73 Å². The van der Waals surface area contributed by atoms with Crippen molar-refractivity contribution < 1.29 is 12.8 Å². The lowest BCUT2D eigenvalue weighted by Gasteiger charge is -2.11. The lowest BCUT2D eigenvalue weighted by molar-refractivity contribution is 0.559. The van der Waals surface area contributed by atoms with Crippen molar-refractivity contribution in [3.63, 3.8) is 0 Å². The second-order valence-corrected chi connectivity index (χ2v) is 6.64. The monoisotopic (exact) mass is 324 g/mol. The molecule has 0 radical (unpaired) electrons. The van der Waals surface area contributed by atoms with Gasteiger partial charge in [0.1, 0.15) is 5.82 Å². The Hall–Kier alpha value is -0.660. The number of hydrogen-bond acceptors (Lipinski definition) is 3. The molecule has 1 aromatic rings. The van der Waals surface area contributed by atoms with Gasteiger partial charge in [0, 0.05) is 11.0 Å². The molecule has 0 saturated heterocycles. The van der Waals surface area contributed by atoms with Crippen molar-refractivity contribution in [2.75, 3.05) is 12.3 Å². The molecule has 0 unspecified atom stereocenters. The molecule has 1 rings (SSSR count). The number of nitrogens with two attached hydrogens (primary N) is 1. The Morgan fingerprint density at radius 2 is 2.06 bits per heavy atom. The molecule has 96 valence electrons. The normalized spacial score (nSPS) is 12.1. The molecule has 17 heavy (non-hydrogen) atoms. The summed E-state index contributed by atoms with van der Waals surface area (Å²) in [7, 11) is -3.67. The van der Waals surface area contributed by atoms with Crippen LogP contribution in [0.1, 0.15) is 13.8 Å². The number of halogens is 2. The van der Waals surface area contributed by atoms with Crippen molar-refractivity contribution in [1.29, 1.82) is 0 Å². The van der Waals surface area contributed by atoms with Gasteiger partial charge in [-0.1, -0.05) is 13.8 Å². The van der Waals surface area contributed by atoms with Crippen molar-refractivity contribution in [2.45, 2.75) is 18.7 Å². The van der Waals surface area contributed by atoms with E-state index in [-0.39, 0.29) is 21.0 Å². The van der Waals surface area contributed by atoms with Crippen LogP contribution >= 0.6 is 15.9 Å². The number of nitrogens with one attached hydrogen (secondary N) is 1. The number of nitrogen functional groups attached to an aromatic ring is 1. The molecule has 7 heteroatoms. The average Bonchev–Trinajstić information content (AvgIpc) is 2.20. The van der Waals surface area contributed by atoms with Crippen LogP contribution in [0, 0.1) is 11.7 Å². The molecule has 0 saturated carbocycles. The molecule has 0 spiro atoms. The number of sulfonamides is 1. The van der Waals surface area contributed by atoms with E-state index in [1.165, 1.54) is 0 Å². The maximum absolute atomic E-state index is 13.1. The fourth-order valence-electron chi connectivity index (χ4n) is 1.10. The molecule has 0 aliphatic rings. The minimum Gasteiger partial charge on any atom is -0.396 e. The van der Waals surface area contributed by atoms with Crippen LogP contribution in [0.3, 0.4) is 0 Å². The fraction of sp³-hybridized carbons (Fsp3) is 0.400. The van der Waals surface area contributed by atoms with Crippen LogP contribution in [-0.2, 0) is 10.0 Å². The van der Waals surface area contributed by atoms with E-state index in [1.54, 1.807) is 0 Å². The summed E-state index contributed by atoms with van der Waals surface area (Å²) in [6.07, 6.45) is 0. The van der Waals surface area contributed by atoms with Crippen LogP contribution in [-0.4, -0.2) is 15.0 Å². The SMILES string of the molecule is CC(C)CNS(=O)(=O)c1cc(N)c(F)cc1Br. The molecule has 1 aromatic carbocycles. The summed E-state index contributed by atoms with van der Waals surface area (Å²) >= 11 is 3.01. The third kappa shape index (κ3) is 3.65. The number of hydrogen-bond donors (Lipinski definition) is 2. The van der Waals surface area contributed by atoms with Gasteiger partial charge in [0.15, 0.2) is 0 Å². The first-order valence-corrected chi connectivity index (χ1v) is 7.26. The Morgan fingerprint density at radius 3 is 2.59 bits per heavy atom. The average molecular weight is 325 g/mol. The molecular weight excluding hydrogens is 311 g/mol. The van der Waals surface area contributed by atoms with Crippen LogP contribution in [0.15, 0.2) is 21.5 Å². The molecule has 0 heterocycles. The molecule has 0 amide bonds. The van der Waals surface area contributed by atoms with Gasteiger partial charge in [-0.2, -0.15) is 0 Å². The molecule has 0 fully saturated rings. The largest absolute Gasteiger partial charge is 0.396 e. The van der Waals surface area contributed by atoms with Crippen molar-refractivity contribution in [3.8, 4) is 0 Å². The first-order chi connectivity index (χ1) is 7.74. The van der Waals surface area contributed by atoms with Gasteiger partial charge in [-0.15, -0.1) is 0 Å². The fourth-order valence-corrected chi connectivity index (χ4v) is 3.37. The Kier molecular flexibility index (Phi) is 4.51. The van der Waals surface area contributed by atoms with Crippen molar-refractivity contribution in [1.82, 2.24) is 4.72 Å². The highest BCUT2D eigenvalue weighted by Crippen LogP contribution is 2.26. The van der Waals surface area contributed by atoms with Gasteiger partial charge in [-0.3, -0.25) is 0 Å². The molecule has 0 aliphatic carbocycles. The van der Waals surface area contributed by atoms with E-state index in [0.29, 0.717) is 6.54 Å². The third-order valence-corrected chi connectivity index (χ3v) is 4.40. The molecule has 0 bridgehead atoms. The predicted octanol–water partition coefficient (Wildman–Crippen LogP) is 2.10. The highest BCUT2D eigenvalue weighted by Gasteiger charge is 2.19. The minimum atomic E-state index is -3.67. The number of anilines is 1. The van der Waals surface area contributed by atoms with Gasteiger partial charge >= 0.3 is 0 Å². The van der Waals surface area contributed by atoms with E-state index in [2.05, 4.69) is 20.7 Å². The summed E-state index contributed by atoms with van der Waals surface area (Å²) in [5.41, 5.74) is 5.16. The standard InChI is InChI=1S/C10H14BrFN2O2S/c1-6(2)5-14-17(15,16)10-4-9(13)8(12)3-7(10)11/h3-4,6,14H,5,13H2,1-2H3. The molecule has 0 aromatic heterocycles. The maximum atomic E-state index is 13.1. The van der Waals surface area contributed by atoms with E-state index >= 15 is 0 Å². The summed E-state index contributed by atoms with van der Waals surface area (Å²) in [5, 5.41) is 0. The van der Waals surface area contributed by atoms with Crippen LogP contribution in [0.2, 0.25) is 0 Å². The second-order valence-electron chi connectivity index (χ2n) is 4.05.